The Bertz CT molecular complexity index is 858. The first-order valence-corrected chi connectivity index (χ1v) is 9.62. The first kappa shape index (κ1) is 21.0. The van der Waals surface area contributed by atoms with Crippen molar-refractivity contribution in [2.45, 2.75) is 25.6 Å². The van der Waals surface area contributed by atoms with E-state index in [9.17, 15) is 18.0 Å². The number of nitrogens with zero attached hydrogens (tertiary/aromatic N) is 1. The summed E-state index contributed by atoms with van der Waals surface area (Å²) in [6.07, 6.45) is -2.93. The normalized spacial score (nSPS) is 18.1. The van der Waals surface area contributed by atoms with Gasteiger partial charge >= 0.3 is 6.18 Å². The Morgan fingerprint density at radius 3 is 2.68 bits per heavy atom. The highest BCUT2D eigenvalue weighted by molar-refractivity contribution is 6.35. The third kappa shape index (κ3) is 5.40. The number of nitrogens with one attached hydrogen (secondary N) is 1. The van der Waals surface area contributed by atoms with Gasteiger partial charge in [0.2, 0.25) is 5.91 Å². The van der Waals surface area contributed by atoms with Gasteiger partial charge in [0.05, 0.1) is 11.5 Å². The highest BCUT2D eigenvalue weighted by atomic mass is 35.5. The lowest BCUT2D eigenvalue weighted by Gasteiger charge is -2.32. The summed E-state index contributed by atoms with van der Waals surface area (Å²) >= 11 is 12.1. The van der Waals surface area contributed by atoms with Gasteiger partial charge in [-0.25, -0.2) is 0 Å². The maximum atomic E-state index is 12.8. The minimum absolute atomic E-state index is 0.151. The van der Waals surface area contributed by atoms with Gasteiger partial charge in [-0.15, -0.1) is 0 Å². The van der Waals surface area contributed by atoms with Crippen molar-refractivity contribution in [3.63, 3.8) is 0 Å². The molecular weight excluding hydrogens is 412 g/mol. The lowest BCUT2D eigenvalue weighted by Crippen LogP contribution is -2.40. The van der Waals surface area contributed by atoms with Gasteiger partial charge in [0.25, 0.3) is 0 Å². The average Bonchev–Trinajstić information content (AvgIpc) is 2.64. The van der Waals surface area contributed by atoms with Crippen molar-refractivity contribution in [3.05, 3.63) is 63.6 Å². The van der Waals surface area contributed by atoms with E-state index < -0.39 is 11.7 Å². The summed E-state index contributed by atoms with van der Waals surface area (Å²) in [6, 6.07) is 9.98. The van der Waals surface area contributed by atoms with Gasteiger partial charge in [0, 0.05) is 28.8 Å². The van der Waals surface area contributed by atoms with Crippen molar-refractivity contribution < 1.29 is 18.0 Å². The van der Waals surface area contributed by atoms with Gasteiger partial charge < -0.3 is 5.32 Å². The molecule has 1 heterocycles. The van der Waals surface area contributed by atoms with Gasteiger partial charge in [-0.1, -0.05) is 35.3 Å². The molecule has 8 heteroatoms. The van der Waals surface area contributed by atoms with Gasteiger partial charge in [0.1, 0.15) is 0 Å². The Morgan fingerprint density at radius 1 is 1.18 bits per heavy atom. The van der Waals surface area contributed by atoms with E-state index in [1.807, 2.05) is 6.07 Å². The van der Waals surface area contributed by atoms with Crippen LogP contribution in [0, 0.1) is 5.92 Å². The molecule has 3 nitrogen and oxygen atoms in total. The summed E-state index contributed by atoms with van der Waals surface area (Å²) in [5, 5.41) is 3.75. The molecule has 1 aliphatic heterocycles. The number of benzene rings is 2. The SMILES string of the molecule is O=C(Nc1cccc(C(F)(F)F)c1)[C@H]1CCCN(Cc2ccc(Cl)cc2Cl)C1. The second kappa shape index (κ2) is 8.72. The molecule has 3 rings (SSSR count). The van der Waals surface area contributed by atoms with Crippen molar-refractivity contribution in [1.82, 2.24) is 4.90 Å². The number of amides is 1. The fourth-order valence-corrected chi connectivity index (χ4v) is 3.79. The molecule has 2 aromatic rings. The quantitative estimate of drug-likeness (QED) is 0.658. The van der Waals surface area contributed by atoms with Gasteiger partial charge in [-0.3, -0.25) is 9.69 Å². The zero-order valence-electron chi connectivity index (χ0n) is 14.9. The van der Waals surface area contributed by atoms with Crippen LogP contribution in [0.1, 0.15) is 24.0 Å². The summed E-state index contributed by atoms with van der Waals surface area (Å²) < 4.78 is 38.5. The second-order valence-corrected chi connectivity index (χ2v) is 7.72. The van der Waals surface area contributed by atoms with Crippen LogP contribution in [0.2, 0.25) is 10.0 Å². The number of carbonyl (C=O) groups excluding carboxylic acids is 1. The van der Waals surface area contributed by atoms with E-state index in [1.54, 1.807) is 12.1 Å². The van der Waals surface area contributed by atoms with Gasteiger partial charge in [-0.2, -0.15) is 13.2 Å². The zero-order valence-corrected chi connectivity index (χ0v) is 16.4. The molecular formula is C20H19Cl2F3N2O. The van der Waals surface area contributed by atoms with Crippen molar-refractivity contribution in [2.24, 2.45) is 5.92 Å². The van der Waals surface area contributed by atoms with Crippen LogP contribution in [0.3, 0.4) is 0 Å². The molecule has 1 atom stereocenters. The molecule has 0 spiro atoms. The van der Waals surface area contributed by atoms with Gasteiger partial charge in [-0.05, 0) is 55.3 Å². The standard InChI is InChI=1S/C20H19Cl2F3N2O/c21-16-7-6-13(18(22)10-16)11-27-8-2-3-14(12-27)19(28)26-17-5-1-4-15(9-17)20(23,24)25/h1,4-7,9-10,14H,2-3,8,11-12H2,(H,26,28)/t14-/m0/s1. The summed E-state index contributed by atoms with van der Waals surface area (Å²) in [5.74, 6) is -0.569. The molecule has 1 fully saturated rings. The summed E-state index contributed by atoms with van der Waals surface area (Å²) in [5.41, 5.74) is 0.288. The van der Waals surface area contributed by atoms with Crippen LogP contribution in [-0.4, -0.2) is 23.9 Å². The summed E-state index contributed by atoms with van der Waals surface area (Å²) in [7, 11) is 0. The van der Waals surface area contributed by atoms with Crippen LogP contribution in [0.5, 0.6) is 0 Å². The van der Waals surface area contributed by atoms with Crippen molar-refractivity contribution in [1.29, 1.82) is 0 Å². The number of hydrogen-bond donors (Lipinski definition) is 1. The molecule has 0 radical (unpaired) electrons. The molecule has 0 saturated carbocycles. The molecule has 1 saturated heterocycles. The number of hydrogen-bond acceptors (Lipinski definition) is 2. The van der Waals surface area contributed by atoms with Crippen LogP contribution in [-0.2, 0) is 17.5 Å². The number of alkyl halides is 3. The fraction of sp³-hybridized carbons (Fsp3) is 0.350. The van der Waals surface area contributed by atoms with E-state index in [-0.39, 0.29) is 17.5 Å². The van der Waals surface area contributed by atoms with Gasteiger partial charge in [0.15, 0.2) is 0 Å². The third-order valence-corrected chi connectivity index (χ3v) is 5.33. The highest BCUT2D eigenvalue weighted by Crippen LogP contribution is 2.31. The van der Waals surface area contributed by atoms with Crippen LogP contribution < -0.4 is 5.32 Å². The number of likely N-dealkylation sites (tertiary alicyclic amines) is 1. The van der Waals surface area contributed by atoms with Crippen LogP contribution in [0.25, 0.3) is 0 Å². The third-order valence-electron chi connectivity index (χ3n) is 4.74. The maximum Gasteiger partial charge on any atom is 0.416 e. The average molecular weight is 431 g/mol. The first-order valence-electron chi connectivity index (χ1n) is 8.87. The van der Waals surface area contributed by atoms with Crippen molar-refractivity contribution >= 4 is 34.8 Å². The Balaban J connectivity index is 1.63. The van der Waals surface area contributed by atoms with Crippen molar-refractivity contribution in [2.75, 3.05) is 18.4 Å². The monoisotopic (exact) mass is 430 g/mol. The smallest absolute Gasteiger partial charge is 0.326 e. The summed E-state index contributed by atoms with van der Waals surface area (Å²) in [4.78, 5) is 14.7. The van der Waals surface area contributed by atoms with E-state index in [2.05, 4.69) is 10.2 Å². The Kier molecular flexibility index (Phi) is 6.53. The van der Waals surface area contributed by atoms with Crippen LogP contribution in [0.15, 0.2) is 42.5 Å². The predicted octanol–water partition coefficient (Wildman–Crippen LogP) is 5.86. The molecule has 1 N–H and O–H groups in total. The van der Waals surface area contributed by atoms with E-state index >= 15 is 0 Å². The Labute approximate surface area is 171 Å². The second-order valence-electron chi connectivity index (χ2n) is 6.88. The number of rotatable bonds is 4. The number of piperidine rings is 1. The largest absolute Gasteiger partial charge is 0.416 e. The number of carbonyl (C=O) groups is 1. The Hall–Kier alpha value is -1.76. The highest BCUT2D eigenvalue weighted by Gasteiger charge is 2.31. The molecule has 2 aromatic carbocycles. The minimum Gasteiger partial charge on any atom is -0.326 e. The maximum absolute atomic E-state index is 12.8. The van der Waals surface area contributed by atoms with Crippen LogP contribution in [0.4, 0.5) is 18.9 Å². The van der Waals surface area contributed by atoms with E-state index in [1.165, 1.54) is 12.1 Å². The molecule has 1 amide bonds. The fourth-order valence-electron chi connectivity index (χ4n) is 3.32. The zero-order chi connectivity index (χ0) is 20.3. The lowest BCUT2D eigenvalue weighted by atomic mass is 9.96. The first-order chi connectivity index (χ1) is 13.2. The molecule has 0 aliphatic carbocycles. The molecule has 0 aromatic heterocycles. The predicted molar refractivity (Wildman–Crippen MR) is 105 cm³/mol. The molecule has 150 valence electrons. The number of anilines is 1. The lowest BCUT2D eigenvalue weighted by molar-refractivity contribution is -0.137. The number of halogens is 5. The molecule has 0 unspecified atom stereocenters. The van der Waals surface area contributed by atoms with Crippen molar-refractivity contribution in [3.8, 4) is 0 Å². The van der Waals surface area contributed by atoms with E-state index in [0.717, 1.165) is 30.7 Å². The van der Waals surface area contributed by atoms with Crippen LogP contribution >= 0.6 is 23.2 Å². The topological polar surface area (TPSA) is 32.3 Å². The molecule has 28 heavy (non-hydrogen) atoms. The minimum atomic E-state index is -4.44. The van der Waals surface area contributed by atoms with E-state index in [0.29, 0.717) is 29.6 Å². The molecule has 0 bridgehead atoms. The molecule has 1 aliphatic rings. The van der Waals surface area contributed by atoms with E-state index in [4.69, 9.17) is 23.2 Å². The Morgan fingerprint density at radius 2 is 1.96 bits per heavy atom. The summed E-state index contributed by atoms with van der Waals surface area (Å²) in [6.45, 7) is 1.93.